The van der Waals surface area contributed by atoms with E-state index in [0.29, 0.717) is 35.9 Å². The van der Waals surface area contributed by atoms with Crippen LogP contribution in [0.3, 0.4) is 0 Å². The first-order chi connectivity index (χ1) is 14.0. The molecule has 1 aliphatic rings. The molecular weight excluding hydrogens is 406 g/mol. The molecule has 0 radical (unpaired) electrons. The summed E-state index contributed by atoms with van der Waals surface area (Å²) in [5.41, 5.74) is 6.35. The van der Waals surface area contributed by atoms with Crippen LogP contribution in [0, 0.1) is 0 Å². The molecule has 1 aromatic heterocycles. The molecule has 3 rings (SSSR count). The number of hydrogen-bond donors (Lipinski definition) is 2. The molecule has 1 aliphatic heterocycles. The lowest BCUT2D eigenvalue weighted by molar-refractivity contribution is -0.144. The van der Waals surface area contributed by atoms with Crippen LogP contribution in [-0.2, 0) is 22.4 Å². The van der Waals surface area contributed by atoms with E-state index in [4.69, 9.17) is 15.2 Å². The van der Waals surface area contributed by atoms with E-state index in [2.05, 4.69) is 4.98 Å². The molecule has 1 aromatic carbocycles. The number of carboxylic acids is 1. The number of rotatable bonds is 5. The maximum absolute atomic E-state index is 12.8. The minimum absolute atomic E-state index is 0.308. The van der Waals surface area contributed by atoms with E-state index in [-0.39, 0.29) is 6.04 Å². The van der Waals surface area contributed by atoms with Gasteiger partial charge in [-0.15, -0.1) is 11.3 Å². The molecule has 162 valence electrons. The van der Waals surface area contributed by atoms with Crippen LogP contribution in [0.4, 0.5) is 9.93 Å². The molecule has 0 fully saturated rings. The molecule has 2 heterocycles. The summed E-state index contributed by atoms with van der Waals surface area (Å²) < 4.78 is 11.3. The van der Waals surface area contributed by atoms with Gasteiger partial charge < -0.3 is 20.3 Å². The molecule has 2 atom stereocenters. The van der Waals surface area contributed by atoms with Gasteiger partial charge in [-0.2, -0.15) is 0 Å². The number of thiazole rings is 1. The third-order valence-corrected chi connectivity index (χ3v) is 5.59. The maximum atomic E-state index is 12.8. The molecule has 3 N–H and O–H groups in total. The maximum Gasteiger partial charge on any atom is 0.411 e. The summed E-state index contributed by atoms with van der Waals surface area (Å²) in [4.78, 5) is 31.2. The minimum atomic E-state index is -1.14. The highest BCUT2D eigenvalue weighted by atomic mass is 32.1. The van der Waals surface area contributed by atoms with Crippen LogP contribution >= 0.6 is 11.3 Å². The number of nitrogens with zero attached hydrogens (tertiary/aromatic N) is 2. The number of carboxylic acid groups (broad SMARTS) is 1. The van der Waals surface area contributed by atoms with Crippen molar-refractivity contribution in [1.29, 1.82) is 0 Å². The van der Waals surface area contributed by atoms with Gasteiger partial charge in [0.15, 0.2) is 11.2 Å². The Kier molecular flexibility index (Phi) is 6.21. The fourth-order valence-electron chi connectivity index (χ4n) is 3.48. The van der Waals surface area contributed by atoms with Crippen molar-refractivity contribution in [3.05, 3.63) is 40.4 Å². The van der Waals surface area contributed by atoms with Gasteiger partial charge in [-0.05, 0) is 57.4 Å². The normalized spacial score (nSPS) is 18.6. The highest BCUT2D eigenvalue weighted by molar-refractivity contribution is 7.15. The second-order valence-corrected chi connectivity index (χ2v) is 9.45. The van der Waals surface area contributed by atoms with Crippen molar-refractivity contribution in [2.45, 2.75) is 58.2 Å². The zero-order valence-corrected chi connectivity index (χ0v) is 18.4. The average molecular weight is 434 g/mol. The number of nitrogen functional groups attached to an aromatic ring is 1. The second kappa shape index (κ2) is 8.51. The molecule has 8 nitrogen and oxygen atoms in total. The molecule has 9 heteroatoms. The number of hydrogen-bond acceptors (Lipinski definition) is 7. The Labute approximate surface area is 179 Å². The van der Waals surface area contributed by atoms with E-state index in [1.54, 1.807) is 33.0 Å². The number of anilines is 1. The van der Waals surface area contributed by atoms with Gasteiger partial charge in [-0.3, -0.25) is 4.90 Å². The lowest BCUT2D eigenvalue weighted by atomic mass is 9.88. The van der Waals surface area contributed by atoms with Gasteiger partial charge in [-0.1, -0.05) is 6.07 Å². The Balaban J connectivity index is 1.81. The number of aromatic nitrogens is 1. The van der Waals surface area contributed by atoms with Crippen molar-refractivity contribution in [2.75, 3.05) is 12.3 Å². The first-order valence-electron chi connectivity index (χ1n) is 9.75. The third-order valence-electron chi connectivity index (χ3n) is 4.71. The van der Waals surface area contributed by atoms with Crippen LogP contribution in [0.2, 0.25) is 0 Å². The number of aliphatic carboxylic acids is 1. The Bertz CT molecular complexity index is 937. The van der Waals surface area contributed by atoms with E-state index in [1.165, 1.54) is 16.2 Å². The van der Waals surface area contributed by atoms with Gasteiger partial charge in [0.1, 0.15) is 11.4 Å². The fourth-order valence-corrected chi connectivity index (χ4v) is 4.15. The van der Waals surface area contributed by atoms with Gasteiger partial charge in [-0.25, -0.2) is 14.6 Å². The minimum Gasteiger partial charge on any atom is -0.493 e. The predicted molar refractivity (Wildman–Crippen MR) is 114 cm³/mol. The van der Waals surface area contributed by atoms with Crippen molar-refractivity contribution in [3.8, 4) is 5.75 Å². The summed E-state index contributed by atoms with van der Waals surface area (Å²) in [6.07, 6.45) is 2.27. The quantitative estimate of drug-likeness (QED) is 0.739. The summed E-state index contributed by atoms with van der Waals surface area (Å²) in [5.74, 6) is -0.554. The van der Waals surface area contributed by atoms with Gasteiger partial charge in [0.2, 0.25) is 0 Å². The van der Waals surface area contributed by atoms with Gasteiger partial charge in [0.05, 0.1) is 6.61 Å². The Morgan fingerprint density at radius 2 is 2.10 bits per heavy atom. The van der Waals surface area contributed by atoms with Crippen LogP contribution in [0.15, 0.2) is 24.4 Å². The van der Waals surface area contributed by atoms with Crippen molar-refractivity contribution in [1.82, 2.24) is 9.88 Å². The summed E-state index contributed by atoms with van der Waals surface area (Å²) in [6, 6.07) is 3.96. The molecule has 1 amide bonds. The van der Waals surface area contributed by atoms with Crippen molar-refractivity contribution in [3.63, 3.8) is 0 Å². The largest absolute Gasteiger partial charge is 0.493 e. The highest BCUT2D eigenvalue weighted by Gasteiger charge is 2.42. The highest BCUT2D eigenvalue weighted by Crippen LogP contribution is 2.36. The van der Waals surface area contributed by atoms with Crippen LogP contribution in [0.5, 0.6) is 5.75 Å². The third kappa shape index (κ3) is 5.02. The molecule has 0 aliphatic carbocycles. The monoisotopic (exact) mass is 433 g/mol. The van der Waals surface area contributed by atoms with Gasteiger partial charge >= 0.3 is 12.1 Å². The van der Waals surface area contributed by atoms with E-state index in [9.17, 15) is 14.7 Å². The molecule has 0 spiro atoms. The van der Waals surface area contributed by atoms with E-state index in [1.807, 2.05) is 19.1 Å². The Morgan fingerprint density at radius 3 is 2.70 bits per heavy atom. The Morgan fingerprint density at radius 1 is 1.37 bits per heavy atom. The number of nitrogens with two attached hydrogens (primary N) is 1. The number of fused-ring (bicyclic) bond motifs is 1. The fraction of sp³-hybridized carbons (Fsp3) is 0.476. The number of ether oxygens (including phenoxy) is 2. The van der Waals surface area contributed by atoms with Gasteiger partial charge in [0, 0.05) is 23.5 Å². The van der Waals surface area contributed by atoms with Crippen LogP contribution in [0.1, 0.15) is 49.7 Å². The lowest BCUT2D eigenvalue weighted by Crippen LogP contribution is -2.50. The molecule has 0 saturated heterocycles. The summed E-state index contributed by atoms with van der Waals surface area (Å²) >= 11 is 1.41. The number of carbonyl (C=O) groups excluding carboxylic acids is 1. The van der Waals surface area contributed by atoms with Crippen molar-refractivity contribution < 1.29 is 24.2 Å². The molecule has 1 unspecified atom stereocenters. The SMILES string of the molecule is C[C@H]1Cc2ccc(OCCc3cnc(N)s3)cc2C(C(=O)O)N1C(=O)OC(C)(C)C. The van der Waals surface area contributed by atoms with E-state index in [0.717, 1.165) is 10.4 Å². The smallest absolute Gasteiger partial charge is 0.411 e. The van der Waals surface area contributed by atoms with Gasteiger partial charge in [0.25, 0.3) is 0 Å². The van der Waals surface area contributed by atoms with Crippen LogP contribution in [-0.4, -0.2) is 45.3 Å². The zero-order valence-electron chi connectivity index (χ0n) is 17.5. The van der Waals surface area contributed by atoms with Crippen molar-refractivity contribution in [2.24, 2.45) is 0 Å². The van der Waals surface area contributed by atoms with Crippen LogP contribution < -0.4 is 10.5 Å². The standard InChI is InChI=1S/C21H27N3O5S/c1-12-9-13-5-6-14(28-8-7-15-11-23-19(22)30-15)10-16(13)17(18(25)26)24(12)20(27)29-21(2,3)4/h5-6,10-12,17H,7-9H2,1-4H3,(H2,22,23)(H,25,26)/t12-,17?/m0/s1. The second-order valence-electron chi connectivity index (χ2n) is 8.31. The molecule has 2 aromatic rings. The molecule has 0 saturated carbocycles. The van der Waals surface area contributed by atoms with Crippen molar-refractivity contribution >= 4 is 28.5 Å². The average Bonchev–Trinajstić information content (AvgIpc) is 3.04. The first-order valence-corrected chi connectivity index (χ1v) is 10.6. The van der Waals surface area contributed by atoms with E-state index >= 15 is 0 Å². The molecular formula is C21H27N3O5S. The number of carbonyl (C=O) groups is 2. The Hall–Kier alpha value is -2.81. The summed E-state index contributed by atoms with van der Waals surface area (Å²) in [6.45, 7) is 7.50. The van der Waals surface area contributed by atoms with E-state index < -0.39 is 23.7 Å². The topological polar surface area (TPSA) is 115 Å². The lowest BCUT2D eigenvalue weighted by Gasteiger charge is -2.40. The number of benzene rings is 1. The van der Waals surface area contributed by atoms with Crippen LogP contribution in [0.25, 0.3) is 0 Å². The number of amides is 1. The predicted octanol–water partition coefficient (Wildman–Crippen LogP) is 3.65. The summed E-state index contributed by atoms with van der Waals surface area (Å²) in [5, 5.41) is 10.4. The molecule has 30 heavy (non-hydrogen) atoms. The first kappa shape index (κ1) is 21.9. The molecule has 0 bridgehead atoms. The summed E-state index contributed by atoms with van der Waals surface area (Å²) in [7, 11) is 0. The zero-order chi connectivity index (χ0) is 22.1.